The maximum absolute atomic E-state index is 11.4. The van der Waals surface area contributed by atoms with E-state index in [-0.39, 0.29) is 19.4 Å². The van der Waals surface area contributed by atoms with Crippen LogP contribution in [0.15, 0.2) is 24.3 Å². The number of hydrogen-bond acceptors (Lipinski definition) is 4. The first-order valence-electron chi connectivity index (χ1n) is 6.72. The Morgan fingerprint density at radius 3 is 2.84 bits per heavy atom. The Kier molecular flexibility index (Phi) is 4.99. The molecule has 0 unspecified atom stereocenters. The number of nitrogens with zero attached hydrogens (tertiary/aromatic N) is 1. The second-order valence-corrected chi connectivity index (χ2v) is 5.05. The number of methoxy groups -OCH3 is 1. The molecular formula is C14H20BNO3. The Bertz CT molecular complexity index is 430. The van der Waals surface area contributed by atoms with E-state index in [0.29, 0.717) is 0 Å². The highest BCUT2D eigenvalue weighted by molar-refractivity contribution is 6.45. The molecule has 5 heteroatoms. The fraction of sp³-hybridized carbons (Fsp3) is 0.500. The third kappa shape index (κ3) is 3.82. The van der Waals surface area contributed by atoms with Crippen molar-refractivity contribution in [2.45, 2.75) is 19.4 Å². The van der Waals surface area contributed by atoms with E-state index in [2.05, 4.69) is 11.0 Å². The summed E-state index contributed by atoms with van der Waals surface area (Å²) in [5, 5.41) is 9.13. The Morgan fingerprint density at radius 1 is 1.47 bits per heavy atom. The molecule has 102 valence electrons. The Hall–Kier alpha value is -1.33. The van der Waals surface area contributed by atoms with E-state index >= 15 is 0 Å². The van der Waals surface area contributed by atoms with Gasteiger partial charge in [0.2, 0.25) is 0 Å². The van der Waals surface area contributed by atoms with Gasteiger partial charge in [0.05, 0.1) is 13.0 Å². The summed E-state index contributed by atoms with van der Waals surface area (Å²) in [7, 11) is 1.54. The van der Waals surface area contributed by atoms with Crippen molar-refractivity contribution >= 4 is 18.9 Å². The first-order chi connectivity index (χ1) is 9.22. The maximum Gasteiger partial charge on any atom is 0.308 e. The van der Waals surface area contributed by atoms with Crippen LogP contribution in [0.2, 0.25) is 0 Å². The number of carbonyl (C=O) groups is 1. The lowest BCUT2D eigenvalue weighted by molar-refractivity contribution is -0.147. The first-order valence-corrected chi connectivity index (χ1v) is 6.72. The number of benzene rings is 1. The molecule has 1 N–H and O–H groups in total. The minimum atomic E-state index is -0.0815. The van der Waals surface area contributed by atoms with Gasteiger partial charge in [0.1, 0.15) is 0 Å². The molecule has 1 aliphatic rings. The zero-order chi connectivity index (χ0) is 13.7. The number of ether oxygens (including phenoxy) is 1. The maximum atomic E-state index is 11.4. The quantitative estimate of drug-likeness (QED) is 0.614. The van der Waals surface area contributed by atoms with Crippen LogP contribution < -0.4 is 5.46 Å². The summed E-state index contributed by atoms with van der Waals surface area (Å²) in [4.78, 5) is 13.8. The number of piperidine rings is 1. The number of esters is 1. The SMILES string of the molecule is COC(=O)C1CCN(Cc2cccc(BO)c2)CC1. The molecule has 2 rings (SSSR count). The van der Waals surface area contributed by atoms with Crippen molar-refractivity contribution in [2.24, 2.45) is 5.92 Å². The molecule has 1 aromatic carbocycles. The molecular weight excluding hydrogens is 241 g/mol. The van der Waals surface area contributed by atoms with Crippen molar-refractivity contribution in [3.63, 3.8) is 0 Å². The van der Waals surface area contributed by atoms with Crippen LogP contribution in [-0.2, 0) is 16.1 Å². The zero-order valence-electron chi connectivity index (χ0n) is 11.3. The average molecular weight is 261 g/mol. The second-order valence-electron chi connectivity index (χ2n) is 5.05. The molecule has 4 nitrogen and oxygen atoms in total. The molecule has 0 amide bonds. The van der Waals surface area contributed by atoms with E-state index < -0.39 is 0 Å². The molecule has 1 aromatic rings. The summed E-state index contributed by atoms with van der Waals surface area (Å²) in [6.45, 7) is 2.72. The van der Waals surface area contributed by atoms with Gasteiger partial charge in [0.15, 0.2) is 0 Å². The number of carbonyl (C=O) groups excluding carboxylic acids is 1. The lowest BCUT2D eigenvalue weighted by Crippen LogP contribution is -2.36. The summed E-state index contributed by atoms with van der Waals surface area (Å²) in [5.41, 5.74) is 2.16. The molecule has 1 fully saturated rings. The molecule has 0 bridgehead atoms. The molecule has 1 heterocycles. The predicted octanol–water partition coefficient (Wildman–Crippen LogP) is 0.0407. The summed E-state index contributed by atoms with van der Waals surface area (Å²) < 4.78 is 4.79. The van der Waals surface area contributed by atoms with E-state index in [1.54, 1.807) is 0 Å². The highest BCUT2D eigenvalue weighted by atomic mass is 16.5. The van der Waals surface area contributed by atoms with E-state index in [4.69, 9.17) is 9.76 Å². The topological polar surface area (TPSA) is 49.8 Å². The van der Waals surface area contributed by atoms with Gasteiger partial charge in [-0.1, -0.05) is 29.7 Å². The fourth-order valence-electron chi connectivity index (χ4n) is 2.58. The van der Waals surface area contributed by atoms with Crippen LogP contribution in [0, 0.1) is 5.92 Å². The highest BCUT2D eigenvalue weighted by Gasteiger charge is 2.25. The summed E-state index contributed by atoms with van der Waals surface area (Å²) in [5.74, 6) is -0.0213. The smallest absolute Gasteiger partial charge is 0.308 e. The van der Waals surface area contributed by atoms with Crippen molar-refractivity contribution in [3.05, 3.63) is 29.8 Å². The van der Waals surface area contributed by atoms with Crippen LogP contribution in [0.25, 0.3) is 0 Å². The normalized spacial score (nSPS) is 17.2. The third-order valence-corrected chi connectivity index (χ3v) is 3.70. The van der Waals surface area contributed by atoms with Gasteiger partial charge in [-0.25, -0.2) is 0 Å². The zero-order valence-corrected chi connectivity index (χ0v) is 11.3. The largest absolute Gasteiger partial charge is 0.469 e. The third-order valence-electron chi connectivity index (χ3n) is 3.70. The van der Waals surface area contributed by atoms with Gasteiger partial charge in [0, 0.05) is 6.54 Å². The summed E-state index contributed by atoms with van der Waals surface area (Å²) in [6, 6.07) is 8.01. The number of rotatable bonds is 4. The van der Waals surface area contributed by atoms with Crippen LogP contribution in [0.1, 0.15) is 18.4 Å². The highest BCUT2D eigenvalue weighted by Crippen LogP contribution is 2.19. The van der Waals surface area contributed by atoms with Gasteiger partial charge in [-0.15, -0.1) is 0 Å². The monoisotopic (exact) mass is 261 g/mol. The molecule has 0 aromatic heterocycles. The van der Waals surface area contributed by atoms with Crippen molar-refractivity contribution < 1.29 is 14.6 Å². The van der Waals surface area contributed by atoms with Gasteiger partial charge in [-0.2, -0.15) is 0 Å². The average Bonchev–Trinajstić information content (AvgIpc) is 2.47. The second kappa shape index (κ2) is 6.73. The van der Waals surface area contributed by atoms with Crippen molar-refractivity contribution in [1.82, 2.24) is 4.90 Å². The van der Waals surface area contributed by atoms with Crippen molar-refractivity contribution in [3.8, 4) is 0 Å². The Morgan fingerprint density at radius 2 is 2.21 bits per heavy atom. The van der Waals surface area contributed by atoms with E-state index in [1.807, 2.05) is 18.2 Å². The Balaban J connectivity index is 1.86. The predicted molar refractivity (Wildman–Crippen MR) is 75.5 cm³/mol. The van der Waals surface area contributed by atoms with Gasteiger partial charge in [-0.05, 0) is 31.5 Å². The lowest BCUT2D eigenvalue weighted by Gasteiger charge is -2.30. The molecule has 0 spiro atoms. The Labute approximate surface area is 114 Å². The lowest BCUT2D eigenvalue weighted by atomic mass is 9.87. The standard InChI is InChI=1S/C14H20BNO3/c1-19-14(17)12-5-7-16(8-6-12)10-11-3-2-4-13(9-11)15-18/h2-4,9,12,15,18H,5-8,10H2,1H3. The molecule has 0 atom stereocenters. The fourth-order valence-corrected chi connectivity index (χ4v) is 2.58. The minimum Gasteiger partial charge on any atom is -0.469 e. The van der Waals surface area contributed by atoms with Gasteiger partial charge in [-0.3, -0.25) is 9.69 Å². The van der Waals surface area contributed by atoms with Crippen LogP contribution >= 0.6 is 0 Å². The molecule has 0 aliphatic carbocycles. The first kappa shape index (κ1) is 14.1. The van der Waals surface area contributed by atoms with E-state index in [1.165, 1.54) is 12.7 Å². The van der Waals surface area contributed by atoms with Gasteiger partial charge in [0.25, 0.3) is 0 Å². The van der Waals surface area contributed by atoms with Gasteiger partial charge >= 0.3 is 13.5 Å². The molecule has 1 saturated heterocycles. The number of hydrogen-bond donors (Lipinski definition) is 1. The molecule has 19 heavy (non-hydrogen) atoms. The molecule has 0 saturated carbocycles. The van der Waals surface area contributed by atoms with E-state index in [0.717, 1.165) is 37.9 Å². The van der Waals surface area contributed by atoms with Crippen LogP contribution in [0.4, 0.5) is 0 Å². The van der Waals surface area contributed by atoms with Gasteiger partial charge < -0.3 is 9.76 Å². The summed E-state index contributed by atoms with van der Waals surface area (Å²) in [6.07, 6.45) is 1.73. The van der Waals surface area contributed by atoms with Crippen LogP contribution in [-0.4, -0.2) is 43.6 Å². The van der Waals surface area contributed by atoms with E-state index in [9.17, 15) is 4.79 Å². The van der Waals surface area contributed by atoms with Crippen LogP contribution in [0.3, 0.4) is 0 Å². The number of likely N-dealkylation sites (tertiary alicyclic amines) is 1. The van der Waals surface area contributed by atoms with Crippen LogP contribution in [0.5, 0.6) is 0 Å². The van der Waals surface area contributed by atoms with Crippen molar-refractivity contribution in [2.75, 3.05) is 20.2 Å². The minimum absolute atomic E-state index is 0.0602. The molecule has 0 radical (unpaired) electrons. The van der Waals surface area contributed by atoms with Crippen molar-refractivity contribution in [1.29, 1.82) is 0 Å². The summed E-state index contributed by atoms with van der Waals surface area (Å²) >= 11 is 0. The molecule has 1 aliphatic heterocycles.